The molecule has 0 radical (unpaired) electrons. The van der Waals surface area contributed by atoms with Gasteiger partial charge in [0.25, 0.3) is 11.8 Å². The Labute approximate surface area is 152 Å². The standard InChI is InChI=1S/C16H18BrFN4O3/c1-8(2)13-12(17)14(20-19-13)16(24)22-21-15(23)9(3)25-11-7-5-4-6-10(11)18/h4-9H,1-3H3,(H,19,20)(H,21,23)(H,22,24). The van der Waals surface area contributed by atoms with Crippen molar-refractivity contribution < 1.29 is 18.7 Å². The summed E-state index contributed by atoms with van der Waals surface area (Å²) in [5, 5.41) is 6.69. The Hall–Kier alpha value is -2.42. The number of rotatable bonds is 5. The average Bonchev–Trinajstić information content (AvgIpc) is 2.96. The van der Waals surface area contributed by atoms with Crippen molar-refractivity contribution in [2.24, 2.45) is 0 Å². The largest absolute Gasteiger partial charge is 0.478 e. The minimum absolute atomic E-state index is 0.0481. The number of hydrogen-bond acceptors (Lipinski definition) is 4. The Morgan fingerprint density at radius 3 is 2.52 bits per heavy atom. The highest BCUT2D eigenvalue weighted by Gasteiger charge is 2.21. The lowest BCUT2D eigenvalue weighted by Crippen LogP contribution is -2.47. The molecule has 0 aliphatic rings. The topological polar surface area (TPSA) is 96.1 Å². The number of amides is 2. The van der Waals surface area contributed by atoms with Crippen LogP contribution in [0.25, 0.3) is 0 Å². The number of ether oxygens (including phenoxy) is 1. The molecule has 1 atom stereocenters. The molecule has 2 rings (SSSR count). The summed E-state index contributed by atoms with van der Waals surface area (Å²) in [6, 6.07) is 5.74. The number of nitrogens with one attached hydrogen (secondary N) is 3. The van der Waals surface area contributed by atoms with Gasteiger partial charge in [0.1, 0.15) is 0 Å². The lowest BCUT2D eigenvalue weighted by Gasteiger charge is -2.15. The molecule has 0 saturated carbocycles. The third-order valence-corrected chi connectivity index (χ3v) is 4.14. The number of nitrogens with zero attached hydrogens (tertiary/aromatic N) is 1. The van der Waals surface area contributed by atoms with Crippen molar-refractivity contribution in [2.45, 2.75) is 32.8 Å². The highest BCUT2D eigenvalue weighted by molar-refractivity contribution is 9.10. The molecule has 1 heterocycles. The predicted octanol–water partition coefficient (Wildman–Crippen LogP) is 2.66. The van der Waals surface area contributed by atoms with Crippen LogP contribution >= 0.6 is 15.9 Å². The van der Waals surface area contributed by atoms with E-state index in [9.17, 15) is 14.0 Å². The summed E-state index contributed by atoms with van der Waals surface area (Å²) >= 11 is 3.31. The van der Waals surface area contributed by atoms with E-state index in [1.54, 1.807) is 6.07 Å². The molecule has 1 aromatic heterocycles. The monoisotopic (exact) mass is 412 g/mol. The first-order valence-electron chi connectivity index (χ1n) is 7.56. The molecule has 2 amide bonds. The number of hydrazine groups is 1. The lowest BCUT2D eigenvalue weighted by molar-refractivity contribution is -0.128. The third-order valence-electron chi connectivity index (χ3n) is 3.33. The Bertz CT molecular complexity index is 778. The van der Waals surface area contributed by atoms with E-state index < -0.39 is 23.7 Å². The number of carbonyl (C=O) groups excluding carboxylic acids is 2. The van der Waals surface area contributed by atoms with Gasteiger partial charge in [0.2, 0.25) is 0 Å². The number of aromatic nitrogens is 2. The number of hydrogen-bond donors (Lipinski definition) is 3. The smallest absolute Gasteiger partial charge is 0.291 e. The van der Waals surface area contributed by atoms with Crippen molar-refractivity contribution in [3.8, 4) is 5.75 Å². The molecule has 2 aromatic rings. The molecule has 9 heteroatoms. The normalized spacial score (nSPS) is 11.9. The van der Waals surface area contributed by atoms with Crippen LogP contribution in [0.1, 0.15) is 42.9 Å². The van der Waals surface area contributed by atoms with Crippen molar-refractivity contribution in [3.63, 3.8) is 0 Å². The van der Waals surface area contributed by atoms with Crippen LogP contribution in [0, 0.1) is 5.82 Å². The van der Waals surface area contributed by atoms with Gasteiger partial charge >= 0.3 is 0 Å². The molecule has 1 aromatic carbocycles. The molecule has 0 fully saturated rings. The molecular weight excluding hydrogens is 395 g/mol. The molecule has 0 aliphatic heterocycles. The number of para-hydroxylation sites is 1. The Kier molecular flexibility index (Phi) is 6.13. The van der Waals surface area contributed by atoms with Crippen molar-refractivity contribution in [1.29, 1.82) is 0 Å². The van der Waals surface area contributed by atoms with Gasteiger partial charge in [-0.15, -0.1) is 0 Å². The quantitative estimate of drug-likeness (QED) is 0.657. The van der Waals surface area contributed by atoms with Crippen LogP contribution < -0.4 is 15.6 Å². The molecule has 0 aliphatic carbocycles. The van der Waals surface area contributed by atoms with Crippen molar-refractivity contribution in [1.82, 2.24) is 21.0 Å². The highest BCUT2D eigenvalue weighted by Crippen LogP contribution is 2.25. The first-order valence-corrected chi connectivity index (χ1v) is 8.35. The van der Waals surface area contributed by atoms with E-state index >= 15 is 0 Å². The van der Waals surface area contributed by atoms with E-state index in [-0.39, 0.29) is 17.4 Å². The molecule has 7 nitrogen and oxygen atoms in total. The SMILES string of the molecule is CC(Oc1ccccc1F)C(=O)NNC(=O)c1n[nH]c(C(C)C)c1Br. The summed E-state index contributed by atoms with van der Waals surface area (Å²) in [4.78, 5) is 24.1. The second-order valence-electron chi connectivity index (χ2n) is 5.59. The Morgan fingerprint density at radius 2 is 1.92 bits per heavy atom. The number of benzene rings is 1. The van der Waals surface area contributed by atoms with E-state index in [0.717, 1.165) is 5.69 Å². The van der Waals surface area contributed by atoms with Gasteiger partial charge in [-0.25, -0.2) is 4.39 Å². The number of H-pyrrole nitrogens is 1. The second kappa shape index (κ2) is 8.11. The van der Waals surface area contributed by atoms with Crippen LogP contribution in [0.5, 0.6) is 5.75 Å². The van der Waals surface area contributed by atoms with Crippen LogP contribution in [0.15, 0.2) is 28.7 Å². The summed E-state index contributed by atoms with van der Waals surface area (Å²) in [6.45, 7) is 5.34. The van der Waals surface area contributed by atoms with E-state index in [2.05, 4.69) is 37.0 Å². The van der Waals surface area contributed by atoms with Gasteiger partial charge in [0.05, 0.1) is 10.2 Å². The van der Waals surface area contributed by atoms with Gasteiger partial charge in [-0.1, -0.05) is 26.0 Å². The van der Waals surface area contributed by atoms with Crippen LogP contribution in [0.3, 0.4) is 0 Å². The predicted molar refractivity (Wildman–Crippen MR) is 92.5 cm³/mol. The first-order chi connectivity index (χ1) is 11.8. The van der Waals surface area contributed by atoms with Gasteiger partial charge in [-0.3, -0.25) is 25.5 Å². The van der Waals surface area contributed by atoms with E-state index in [4.69, 9.17) is 4.74 Å². The zero-order chi connectivity index (χ0) is 18.6. The minimum atomic E-state index is -1.01. The van der Waals surface area contributed by atoms with E-state index in [1.165, 1.54) is 25.1 Å². The maximum Gasteiger partial charge on any atom is 0.291 e. The molecule has 3 N–H and O–H groups in total. The molecule has 0 saturated heterocycles. The highest BCUT2D eigenvalue weighted by atomic mass is 79.9. The lowest BCUT2D eigenvalue weighted by atomic mass is 10.1. The van der Waals surface area contributed by atoms with Crippen molar-refractivity contribution in [2.75, 3.05) is 0 Å². The molecule has 25 heavy (non-hydrogen) atoms. The van der Waals surface area contributed by atoms with Crippen molar-refractivity contribution in [3.05, 3.63) is 45.9 Å². The first kappa shape index (κ1) is 18.9. The summed E-state index contributed by atoms with van der Waals surface area (Å²) in [7, 11) is 0. The van der Waals surface area contributed by atoms with Gasteiger partial charge < -0.3 is 4.74 Å². The number of aromatic amines is 1. The molecule has 134 valence electrons. The van der Waals surface area contributed by atoms with E-state index in [0.29, 0.717) is 4.47 Å². The Morgan fingerprint density at radius 1 is 1.24 bits per heavy atom. The molecule has 1 unspecified atom stereocenters. The van der Waals surface area contributed by atoms with Crippen LogP contribution in [0.4, 0.5) is 4.39 Å². The van der Waals surface area contributed by atoms with E-state index in [1.807, 2.05) is 13.8 Å². The third kappa shape index (κ3) is 4.56. The maximum absolute atomic E-state index is 13.5. The summed E-state index contributed by atoms with van der Waals surface area (Å²) in [6.07, 6.45) is -1.01. The van der Waals surface area contributed by atoms with Gasteiger partial charge in [0.15, 0.2) is 23.4 Å². The van der Waals surface area contributed by atoms with Gasteiger partial charge in [-0.2, -0.15) is 5.10 Å². The van der Waals surface area contributed by atoms with Gasteiger partial charge in [0, 0.05) is 0 Å². The van der Waals surface area contributed by atoms with Gasteiger partial charge in [-0.05, 0) is 40.9 Å². The number of carbonyl (C=O) groups is 2. The fourth-order valence-corrected chi connectivity index (χ4v) is 2.75. The molecule has 0 bridgehead atoms. The van der Waals surface area contributed by atoms with Crippen LogP contribution in [0.2, 0.25) is 0 Å². The Balaban J connectivity index is 1.93. The van der Waals surface area contributed by atoms with Crippen molar-refractivity contribution >= 4 is 27.7 Å². The summed E-state index contributed by atoms with van der Waals surface area (Å²) in [5.41, 5.74) is 5.36. The summed E-state index contributed by atoms with van der Waals surface area (Å²) < 4.78 is 19.3. The molecule has 0 spiro atoms. The van der Waals surface area contributed by atoms with Crippen LogP contribution in [-0.4, -0.2) is 28.1 Å². The number of halogens is 2. The maximum atomic E-state index is 13.5. The van der Waals surface area contributed by atoms with Crippen LogP contribution in [-0.2, 0) is 4.79 Å². The molecular formula is C16H18BrFN4O3. The minimum Gasteiger partial charge on any atom is -0.478 e. The zero-order valence-electron chi connectivity index (χ0n) is 13.9. The summed E-state index contributed by atoms with van der Waals surface area (Å²) in [5.74, 6) is -1.71. The second-order valence-corrected chi connectivity index (χ2v) is 6.38. The average molecular weight is 413 g/mol. The fourth-order valence-electron chi connectivity index (χ4n) is 1.94. The fraction of sp³-hybridized carbons (Fsp3) is 0.312. The zero-order valence-corrected chi connectivity index (χ0v) is 15.5.